The van der Waals surface area contributed by atoms with Crippen LogP contribution in [0.15, 0.2) is 23.6 Å². The number of nitrogens with one attached hydrogen (secondary N) is 1. The van der Waals surface area contributed by atoms with E-state index in [1.807, 2.05) is 0 Å². The first-order valence-electron chi connectivity index (χ1n) is 7.46. The first-order valence-corrected chi connectivity index (χ1v) is 7.46. The van der Waals surface area contributed by atoms with Gasteiger partial charge in [-0.05, 0) is 61.0 Å². The zero-order valence-corrected chi connectivity index (χ0v) is 11.6. The molecular formula is C16H25NO. The van der Waals surface area contributed by atoms with E-state index in [4.69, 9.17) is 4.74 Å². The molecule has 0 aromatic rings. The second-order valence-corrected chi connectivity index (χ2v) is 6.37. The van der Waals surface area contributed by atoms with Crippen LogP contribution in [0.1, 0.15) is 39.0 Å². The van der Waals surface area contributed by atoms with Gasteiger partial charge in [0.25, 0.3) is 0 Å². The third-order valence-corrected chi connectivity index (χ3v) is 5.24. The van der Waals surface area contributed by atoms with Crippen molar-refractivity contribution in [3.05, 3.63) is 23.6 Å². The van der Waals surface area contributed by atoms with Crippen LogP contribution >= 0.6 is 0 Å². The normalized spacial score (nSPS) is 39.4. The second-order valence-electron chi connectivity index (χ2n) is 6.37. The average Bonchev–Trinajstić information content (AvgIpc) is 2.46. The molecule has 2 heteroatoms. The van der Waals surface area contributed by atoms with Gasteiger partial charge in [-0.1, -0.05) is 13.3 Å². The molecule has 0 spiro atoms. The third kappa shape index (κ3) is 2.17. The molecule has 0 aromatic carbocycles. The van der Waals surface area contributed by atoms with E-state index in [-0.39, 0.29) is 0 Å². The van der Waals surface area contributed by atoms with Crippen LogP contribution in [0.4, 0.5) is 0 Å². The number of allylic oxidation sites excluding steroid dienone is 2. The minimum absolute atomic E-state index is 0.763. The fourth-order valence-corrected chi connectivity index (χ4v) is 3.98. The summed E-state index contributed by atoms with van der Waals surface area (Å²) in [6, 6.07) is 0. The van der Waals surface area contributed by atoms with Gasteiger partial charge in [0.1, 0.15) is 5.76 Å². The van der Waals surface area contributed by atoms with Crippen molar-refractivity contribution in [1.29, 1.82) is 0 Å². The molecule has 2 fully saturated rings. The van der Waals surface area contributed by atoms with Crippen molar-refractivity contribution in [1.82, 2.24) is 5.32 Å². The average molecular weight is 247 g/mol. The maximum atomic E-state index is 5.41. The van der Waals surface area contributed by atoms with Gasteiger partial charge in [-0.15, -0.1) is 0 Å². The molecule has 100 valence electrons. The van der Waals surface area contributed by atoms with Crippen LogP contribution in [0.2, 0.25) is 0 Å². The Kier molecular flexibility index (Phi) is 3.36. The molecular weight excluding hydrogens is 222 g/mol. The molecule has 2 nitrogen and oxygen atoms in total. The zero-order valence-electron chi connectivity index (χ0n) is 11.6. The molecule has 1 N–H and O–H groups in total. The first kappa shape index (κ1) is 12.1. The molecule has 4 unspecified atom stereocenters. The third-order valence-electron chi connectivity index (χ3n) is 5.24. The Morgan fingerprint density at radius 2 is 2.06 bits per heavy atom. The summed E-state index contributed by atoms with van der Waals surface area (Å²) in [6.45, 7) is 3.27. The molecule has 1 aliphatic heterocycles. The van der Waals surface area contributed by atoms with Crippen molar-refractivity contribution < 1.29 is 4.74 Å². The van der Waals surface area contributed by atoms with Gasteiger partial charge in [-0.2, -0.15) is 0 Å². The molecule has 3 rings (SSSR count). The number of fused-ring (bicyclic) bond motifs is 1. The van der Waals surface area contributed by atoms with E-state index in [0.717, 1.165) is 36.0 Å². The van der Waals surface area contributed by atoms with Crippen molar-refractivity contribution in [3.8, 4) is 0 Å². The van der Waals surface area contributed by atoms with Crippen LogP contribution in [0.3, 0.4) is 0 Å². The van der Waals surface area contributed by atoms with Gasteiger partial charge in [0.05, 0.1) is 13.7 Å². The van der Waals surface area contributed by atoms with Crippen LogP contribution in [0.25, 0.3) is 0 Å². The molecule has 0 bridgehead atoms. The van der Waals surface area contributed by atoms with Crippen LogP contribution in [0, 0.1) is 23.7 Å². The van der Waals surface area contributed by atoms with Crippen LogP contribution in [-0.2, 0) is 4.74 Å². The van der Waals surface area contributed by atoms with Gasteiger partial charge < -0.3 is 10.1 Å². The molecule has 3 aliphatic rings. The largest absolute Gasteiger partial charge is 0.499 e. The van der Waals surface area contributed by atoms with Crippen molar-refractivity contribution in [2.45, 2.75) is 39.0 Å². The van der Waals surface area contributed by atoms with E-state index in [1.165, 1.54) is 37.7 Å². The highest BCUT2D eigenvalue weighted by molar-refractivity contribution is 5.29. The maximum Gasteiger partial charge on any atom is 0.115 e. The van der Waals surface area contributed by atoms with Crippen molar-refractivity contribution in [2.75, 3.05) is 13.7 Å². The number of rotatable bonds is 2. The lowest BCUT2D eigenvalue weighted by molar-refractivity contribution is 0.124. The van der Waals surface area contributed by atoms with Crippen LogP contribution in [0.5, 0.6) is 0 Å². The molecule has 0 amide bonds. The van der Waals surface area contributed by atoms with Crippen LogP contribution < -0.4 is 5.32 Å². The Morgan fingerprint density at radius 1 is 1.22 bits per heavy atom. The van der Waals surface area contributed by atoms with Gasteiger partial charge in [0.15, 0.2) is 0 Å². The summed E-state index contributed by atoms with van der Waals surface area (Å²) in [7, 11) is 1.78. The van der Waals surface area contributed by atoms with Crippen LogP contribution in [-0.4, -0.2) is 13.7 Å². The minimum atomic E-state index is 0.763. The van der Waals surface area contributed by atoms with Gasteiger partial charge in [0.2, 0.25) is 0 Å². The van der Waals surface area contributed by atoms with E-state index in [1.54, 1.807) is 7.11 Å². The molecule has 2 saturated carbocycles. The molecule has 0 aromatic heterocycles. The highest BCUT2D eigenvalue weighted by Crippen LogP contribution is 2.50. The molecule has 1 heterocycles. The summed E-state index contributed by atoms with van der Waals surface area (Å²) in [4.78, 5) is 0. The number of hydrogen-bond donors (Lipinski definition) is 1. The summed E-state index contributed by atoms with van der Waals surface area (Å²) in [5.41, 5.74) is 1.49. The fraction of sp³-hybridized carbons (Fsp3) is 0.750. The van der Waals surface area contributed by atoms with E-state index in [0.29, 0.717) is 0 Å². The standard InChI is InChI=1S/C16H25NO/c1-11-3-4-12-5-6-15(12)16(7-11)13-8-14(18-2)10-17-9-13/h8-9,11-12,15-17H,3-7,10H2,1-2H3. The predicted molar refractivity (Wildman–Crippen MR) is 73.9 cm³/mol. The Balaban J connectivity index is 1.80. The number of hydrogen-bond acceptors (Lipinski definition) is 2. The number of methoxy groups -OCH3 is 1. The SMILES string of the molecule is COC1=CC(C2CC(C)CCC3CCC32)=CNC1. The molecule has 4 atom stereocenters. The molecule has 2 aliphatic carbocycles. The van der Waals surface area contributed by atoms with E-state index in [9.17, 15) is 0 Å². The summed E-state index contributed by atoms with van der Waals surface area (Å²) in [5, 5.41) is 3.37. The van der Waals surface area contributed by atoms with Gasteiger partial charge in [0, 0.05) is 6.20 Å². The lowest BCUT2D eigenvalue weighted by Gasteiger charge is -2.41. The Hall–Kier alpha value is -0.920. The predicted octanol–water partition coefficient (Wildman–Crippen LogP) is 3.47. The second kappa shape index (κ2) is 4.99. The summed E-state index contributed by atoms with van der Waals surface area (Å²) >= 11 is 0. The summed E-state index contributed by atoms with van der Waals surface area (Å²) in [6.07, 6.45) is 11.7. The lowest BCUT2D eigenvalue weighted by Crippen LogP contribution is -2.33. The maximum absolute atomic E-state index is 5.41. The summed E-state index contributed by atoms with van der Waals surface area (Å²) in [5.74, 6) is 4.67. The molecule has 18 heavy (non-hydrogen) atoms. The number of ether oxygens (including phenoxy) is 1. The van der Waals surface area contributed by atoms with Crippen molar-refractivity contribution >= 4 is 0 Å². The van der Waals surface area contributed by atoms with E-state index < -0.39 is 0 Å². The Morgan fingerprint density at radius 3 is 2.78 bits per heavy atom. The van der Waals surface area contributed by atoms with Gasteiger partial charge in [-0.3, -0.25) is 0 Å². The zero-order chi connectivity index (χ0) is 12.5. The lowest BCUT2D eigenvalue weighted by atomic mass is 9.64. The molecule has 0 saturated heterocycles. The smallest absolute Gasteiger partial charge is 0.115 e. The van der Waals surface area contributed by atoms with Gasteiger partial charge >= 0.3 is 0 Å². The summed E-state index contributed by atoms with van der Waals surface area (Å²) < 4.78 is 5.41. The number of dihydropyridines is 1. The highest BCUT2D eigenvalue weighted by Gasteiger charge is 2.40. The van der Waals surface area contributed by atoms with Crippen molar-refractivity contribution in [3.63, 3.8) is 0 Å². The Bertz CT molecular complexity index is 371. The van der Waals surface area contributed by atoms with E-state index >= 15 is 0 Å². The topological polar surface area (TPSA) is 21.3 Å². The minimum Gasteiger partial charge on any atom is -0.499 e. The quantitative estimate of drug-likeness (QED) is 0.807. The van der Waals surface area contributed by atoms with Crippen molar-refractivity contribution in [2.24, 2.45) is 23.7 Å². The van der Waals surface area contributed by atoms with E-state index in [2.05, 4.69) is 24.5 Å². The Labute approximate surface area is 110 Å². The highest BCUT2D eigenvalue weighted by atomic mass is 16.5. The van der Waals surface area contributed by atoms with Gasteiger partial charge in [-0.25, -0.2) is 0 Å². The molecule has 0 radical (unpaired) electrons. The monoisotopic (exact) mass is 247 g/mol. The first-order chi connectivity index (χ1) is 8.78. The fourth-order valence-electron chi connectivity index (χ4n) is 3.98.